The first kappa shape index (κ1) is 12.1. The van der Waals surface area contributed by atoms with Crippen LogP contribution in [0.3, 0.4) is 0 Å². The topological polar surface area (TPSA) is 71.9 Å². The van der Waals surface area contributed by atoms with Gasteiger partial charge in [0.25, 0.3) is 0 Å². The fourth-order valence-electron chi connectivity index (χ4n) is 1.55. The summed E-state index contributed by atoms with van der Waals surface area (Å²) < 4.78 is 10.1. The fourth-order valence-corrected chi connectivity index (χ4v) is 1.55. The molecule has 0 aliphatic heterocycles. The van der Waals surface area contributed by atoms with E-state index in [0.717, 1.165) is 11.3 Å². The van der Waals surface area contributed by atoms with Crippen molar-refractivity contribution in [3.63, 3.8) is 0 Å². The van der Waals surface area contributed by atoms with E-state index in [9.17, 15) is 0 Å². The molecule has 5 nitrogen and oxygen atoms in total. The molecule has 92 valence electrons. The minimum Gasteiger partial charge on any atom is -0.497 e. The fraction of sp³-hybridized carbons (Fsp3) is 0.308. The highest BCUT2D eigenvalue weighted by Crippen LogP contribution is 2.13. The quantitative estimate of drug-likeness (QED) is 0.804. The third-order valence-electron chi connectivity index (χ3n) is 2.48. The number of ether oxygens (including phenoxy) is 1. The minimum absolute atomic E-state index is 0.393. The van der Waals surface area contributed by atoms with Gasteiger partial charge in [-0.3, -0.25) is 0 Å². The van der Waals surface area contributed by atoms with Gasteiger partial charge >= 0.3 is 0 Å². The first-order valence-corrected chi connectivity index (χ1v) is 5.63. The Bertz CT molecular complexity index is 540. The summed E-state index contributed by atoms with van der Waals surface area (Å²) in [5.41, 5.74) is 1.09. The Balaban J connectivity index is 2.00. The highest BCUT2D eigenvalue weighted by molar-refractivity contribution is 5.28. The average Bonchev–Trinajstić information content (AvgIpc) is 2.85. The van der Waals surface area contributed by atoms with Crippen LogP contribution < -0.4 is 4.74 Å². The second-order valence-corrected chi connectivity index (χ2v) is 3.79. The van der Waals surface area contributed by atoms with Gasteiger partial charge in [0.05, 0.1) is 13.2 Å². The molecule has 2 rings (SSSR count). The summed E-state index contributed by atoms with van der Waals surface area (Å²) in [5.74, 6) is 1.97. The van der Waals surface area contributed by atoms with Crippen LogP contribution in [0, 0.1) is 11.3 Å². The van der Waals surface area contributed by atoms with E-state index in [1.807, 2.05) is 30.3 Å². The van der Waals surface area contributed by atoms with Crippen molar-refractivity contribution in [1.82, 2.24) is 10.1 Å². The van der Waals surface area contributed by atoms with Crippen molar-refractivity contribution in [2.24, 2.45) is 0 Å². The molecule has 1 aromatic carbocycles. The van der Waals surface area contributed by atoms with Gasteiger partial charge in [-0.15, -0.1) is 0 Å². The first-order chi connectivity index (χ1) is 8.81. The number of aryl methyl sites for hydroxylation is 1. The molecular weight excluding hydrogens is 230 g/mol. The van der Waals surface area contributed by atoms with Crippen molar-refractivity contribution < 1.29 is 9.26 Å². The summed E-state index contributed by atoms with van der Waals surface area (Å²) in [7, 11) is 1.63. The van der Waals surface area contributed by atoms with Crippen LogP contribution >= 0.6 is 0 Å². The van der Waals surface area contributed by atoms with Crippen LogP contribution in [-0.2, 0) is 12.8 Å². The van der Waals surface area contributed by atoms with Crippen LogP contribution in [0.1, 0.15) is 23.7 Å². The number of methoxy groups -OCH3 is 1. The Morgan fingerprint density at radius 2 is 2.11 bits per heavy atom. The number of nitriles is 1. The zero-order valence-electron chi connectivity index (χ0n) is 10.1. The molecule has 0 fully saturated rings. The van der Waals surface area contributed by atoms with E-state index in [0.29, 0.717) is 31.0 Å². The number of hydrogen-bond acceptors (Lipinski definition) is 5. The molecule has 0 radical (unpaired) electrons. The first-order valence-electron chi connectivity index (χ1n) is 5.63. The van der Waals surface area contributed by atoms with Gasteiger partial charge in [0.1, 0.15) is 5.75 Å². The Morgan fingerprint density at radius 1 is 1.33 bits per heavy atom. The van der Waals surface area contributed by atoms with E-state index in [1.165, 1.54) is 0 Å². The van der Waals surface area contributed by atoms with Crippen molar-refractivity contribution in [3.05, 3.63) is 41.5 Å². The van der Waals surface area contributed by atoms with E-state index < -0.39 is 0 Å². The largest absolute Gasteiger partial charge is 0.497 e. The third-order valence-corrected chi connectivity index (χ3v) is 2.48. The SMILES string of the molecule is COc1ccc(Cc2noc(CCC#N)n2)cc1. The van der Waals surface area contributed by atoms with Crippen LogP contribution in [0.2, 0.25) is 0 Å². The number of nitrogens with zero attached hydrogens (tertiary/aromatic N) is 3. The lowest BCUT2D eigenvalue weighted by Crippen LogP contribution is -1.92. The van der Waals surface area contributed by atoms with Crippen LogP contribution in [0.25, 0.3) is 0 Å². The lowest BCUT2D eigenvalue weighted by Gasteiger charge is -2.00. The highest BCUT2D eigenvalue weighted by atomic mass is 16.5. The van der Waals surface area contributed by atoms with E-state index in [-0.39, 0.29) is 0 Å². The third kappa shape index (κ3) is 3.08. The summed E-state index contributed by atoms with van der Waals surface area (Å²) in [6.45, 7) is 0. The van der Waals surface area contributed by atoms with Gasteiger partial charge in [-0.25, -0.2) is 0 Å². The number of benzene rings is 1. The maximum absolute atomic E-state index is 8.47. The summed E-state index contributed by atoms with van der Waals surface area (Å²) in [4.78, 5) is 4.23. The van der Waals surface area contributed by atoms with Crippen molar-refractivity contribution in [3.8, 4) is 11.8 Å². The smallest absolute Gasteiger partial charge is 0.227 e. The number of rotatable bonds is 5. The normalized spacial score (nSPS) is 10.0. The molecule has 1 heterocycles. The molecule has 0 amide bonds. The molecule has 18 heavy (non-hydrogen) atoms. The number of aromatic nitrogens is 2. The molecule has 0 bridgehead atoms. The lowest BCUT2D eigenvalue weighted by atomic mass is 10.1. The maximum atomic E-state index is 8.47. The van der Waals surface area contributed by atoms with Crippen LogP contribution in [0.5, 0.6) is 5.75 Å². The molecule has 0 spiro atoms. The van der Waals surface area contributed by atoms with Crippen molar-refractivity contribution in [2.75, 3.05) is 7.11 Å². The van der Waals surface area contributed by atoms with Crippen molar-refractivity contribution >= 4 is 0 Å². The van der Waals surface area contributed by atoms with E-state index in [1.54, 1.807) is 7.11 Å². The molecule has 0 aliphatic carbocycles. The molecule has 1 aromatic heterocycles. The molecule has 0 unspecified atom stereocenters. The van der Waals surface area contributed by atoms with Gasteiger partial charge in [0.15, 0.2) is 5.82 Å². The maximum Gasteiger partial charge on any atom is 0.227 e. The summed E-state index contributed by atoms with van der Waals surface area (Å²) in [5, 5.41) is 12.3. The highest BCUT2D eigenvalue weighted by Gasteiger charge is 2.06. The van der Waals surface area contributed by atoms with Crippen LogP contribution in [0.4, 0.5) is 0 Å². The molecule has 0 atom stereocenters. The average molecular weight is 243 g/mol. The predicted molar refractivity (Wildman–Crippen MR) is 64.0 cm³/mol. The van der Waals surface area contributed by atoms with Gasteiger partial charge in [0.2, 0.25) is 5.89 Å². The zero-order chi connectivity index (χ0) is 12.8. The monoisotopic (exact) mass is 243 g/mol. The molecule has 0 saturated carbocycles. The van der Waals surface area contributed by atoms with E-state index in [2.05, 4.69) is 10.1 Å². The standard InChI is InChI=1S/C13H13N3O2/c1-17-11-6-4-10(5-7-11)9-12-15-13(18-16-12)3-2-8-14/h4-7H,2-3,9H2,1H3. The van der Waals surface area contributed by atoms with Gasteiger partial charge in [-0.05, 0) is 17.7 Å². The predicted octanol–water partition coefficient (Wildman–Crippen LogP) is 2.13. The van der Waals surface area contributed by atoms with Gasteiger partial charge in [0, 0.05) is 19.3 Å². The lowest BCUT2D eigenvalue weighted by molar-refractivity contribution is 0.374. The second kappa shape index (κ2) is 5.82. The molecule has 0 N–H and O–H groups in total. The Morgan fingerprint density at radius 3 is 2.78 bits per heavy atom. The molecule has 2 aromatic rings. The summed E-state index contributed by atoms with van der Waals surface area (Å²) in [6, 6.07) is 9.76. The van der Waals surface area contributed by atoms with E-state index >= 15 is 0 Å². The van der Waals surface area contributed by atoms with Crippen molar-refractivity contribution in [1.29, 1.82) is 5.26 Å². The minimum atomic E-state index is 0.393. The van der Waals surface area contributed by atoms with E-state index in [4.69, 9.17) is 14.5 Å². The molecule has 0 saturated heterocycles. The Kier molecular flexibility index (Phi) is 3.92. The Labute approximate surface area is 105 Å². The molecular formula is C13H13N3O2. The van der Waals surface area contributed by atoms with Gasteiger partial charge in [-0.2, -0.15) is 10.2 Å². The van der Waals surface area contributed by atoms with Crippen LogP contribution in [-0.4, -0.2) is 17.3 Å². The second-order valence-electron chi connectivity index (χ2n) is 3.79. The van der Waals surface area contributed by atoms with Crippen LogP contribution in [0.15, 0.2) is 28.8 Å². The van der Waals surface area contributed by atoms with Gasteiger partial charge < -0.3 is 9.26 Å². The summed E-state index contributed by atoms with van der Waals surface area (Å²) in [6.07, 6.45) is 1.51. The molecule has 0 aliphatic rings. The zero-order valence-corrected chi connectivity index (χ0v) is 10.1. The Hall–Kier alpha value is -2.35. The van der Waals surface area contributed by atoms with Gasteiger partial charge in [-0.1, -0.05) is 17.3 Å². The van der Waals surface area contributed by atoms with Crippen molar-refractivity contribution in [2.45, 2.75) is 19.3 Å². The molecule has 5 heteroatoms. The summed E-state index contributed by atoms with van der Waals surface area (Å²) >= 11 is 0. The number of hydrogen-bond donors (Lipinski definition) is 0.